The summed E-state index contributed by atoms with van der Waals surface area (Å²) in [5, 5.41) is 10.9. The normalized spacial score (nSPS) is 12.8. The van der Waals surface area contributed by atoms with E-state index in [0.29, 0.717) is 11.1 Å². The Balaban J connectivity index is 0.00000420. The average molecular weight is 438 g/mol. The zero-order chi connectivity index (χ0) is 21.3. The third kappa shape index (κ3) is 5.97. The first-order valence-corrected chi connectivity index (χ1v) is 9.94. The minimum Gasteiger partial charge on any atom is -0.546 e. The molecule has 0 aliphatic heterocycles. The molecule has 0 fully saturated rings. The molecule has 0 heterocycles. The van der Waals surface area contributed by atoms with Crippen molar-refractivity contribution in [1.29, 1.82) is 0 Å². The summed E-state index contributed by atoms with van der Waals surface area (Å²) in [6.45, 7) is 4.23. The largest absolute Gasteiger partial charge is 1.00 e. The van der Waals surface area contributed by atoms with Gasteiger partial charge < -0.3 is 14.6 Å². The third-order valence-electron chi connectivity index (χ3n) is 4.17. The Labute approximate surface area is 189 Å². The number of ether oxygens (including phenoxy) is 1. The van der Waals surface area contributed by atoms with Gasteiger partial charge >= 0.3 is 35.7 Å². The fraction of sp³-hybridized carbons (Fsp3) is 0.316. The van der Waals surface area contributed by atoms with Crippen LogP contribution in [0.15, 0.2) is 41.3 Å². The molecule has 1 atom stereocenters. The van der Waals surface area contributed by atoms with Crippen molar-refractivity contribution in [2.45, 2.75) is 37.9 Å². The Morgan fingerprint density at radius 2 is 1.76 bits per heavy atom. The number of alkyl halides is 3. The Morgan fingerprint density at radius 1 is 1.14 bits per heavy atom. The van der Waals surface area contributed by atoms with E-state index < -0.39 is 33.7 Å². The first-order chi connectivity index (χ1) is 12.9. The maximum Gasteiger partial charge on any atom is 1.00 e. The van der Waals surface area contributed by atoms with Crippen molar-refractivity contribution >= 4 is 15.8 Å². The van der Waals surface area contributed by atoms with Crippen molar-refractivity contribution in [2.24, 2.45) is 0 Å². The van der Waals surface area contributed by atoms with Gasteiger partial charge in [-0.15, -0.1) is 0 Å². The molecular weight excluding hydrogens is 420 g/mol. The Hall–Kier alpha value is -1.55. The number of benzene rings is 2. The average Bonchev–Trinajstić information content (AvgIpc) is 2.61. The third-order valence-corrected chi connectivity index (χ3v) is 5.90. The molecular formula is C19H18F3NaO5S. The topological polar surface area (TPSA) is 83.5 Å². The Bertz CT molecular complexity index is 1000. The minimum atomic E-state index is -4.62. The van der Waals surface area contributed by atoms with Gasteiger partial charge in [0.1, 0.15) is 11.9 Å². The molecule has 0 radical (unpaired) electrons. The second kappa shape index (κ2) is 9.51. The number of aryl methyl sites for hydroxylation is 1. The van der Waals surface area contributed by atoms with Crippen LogP contribution in [0.3, 0.4) is 0 Å². The van der Waals surface area contributed by atoms with Crippen LogP contribution in [0.1, 0.15) is 25.0 Å². The number of carbonyl (C=O) groups excluding carboxylic acids is 1. The van der Waals surface area contributed by atoms with E-state index in [4.69, 9.17) is 4.74 Å². The number of aliphatic carboxylic acids is 1. The van der Waals surface area contributed by atoms with Gasteiger partial charge in [-0.05, 0) is 55.3 Å². The van der Waals surface area contributed by atoms with Crippen molar-refractivity contribution in [1.82, 2.24) is 0 Å². The number of sulfone groups is 1. The summed E-state index contributed by atoms with van der Waals surface area (Å²) in [4.78, 5) is 11.0. The van der Waals surface area contributed by atoms with Gasteiger partial charge in [0.05, 0.1) is 22.2 Å². The SMILES string of the molecule is CCS(=O)(=O)c1ccc(-c2cc(C(F)(F)F)ccc2O[C@H](C)C(=O)[O-])c(C)c1.[Na+]. The molecule has 0 saturated heterocycles. The molecule has 0 aliphatic carbocycles. The molecule has 0 amide bonds. The van der Waals surface area contributed by atoms with Crippen LogP contribution in [0.5, 0.6) is 5.75 Å². The van der Waals surface area contributed by atoms with E-state index >= 15 is 0 Å². The van der Waals surface area contributed by atoms with Gasteiger partial charge in [-0.3, -0.25) is 0 Å². The van der Waals surface area contributed by atoms with Crippen LogP contribution in [0.2, 0.25) is 0 Å². The number of carboxylic acids is 1. The second-order valence-corrected chi connectivity index (χ2v) is 8.45. The van der Waals surface area contributed by atoms with Crippen LogP contribution >= 0.6 is 0 Å². The van der Waals surface area contributed by atoms with E-state index in [0.717, 1.165) is 18.2 Å². The predicted molar refractivity (Wildman–Crippen MR) is 94.4 cm³/mol. The Kier molecular flexibility index (Phi) is 8.36. The monoisotopic (exact) mass is 438 g/mol. The molecule has 5 nitrogen and oxygen atoms in total. The van der Waals surface area contributed by atoms with Gasteiger partial charge in [0.25, 0.3) is 0 Å². The van der Waals surface area contributed by atoms with E-state index in [1.165, 1.54) is 32.0 Å². The summed E-state index contributed by atoms with van der Waals surface area (Å²) in [5.41, 5.74) is -0.247. The van der Waals surface area contributed by atoms with Gasteiger partial charge in [0.2, 0.25) is 0 Å². The van der Waals surface area contributed by atoms with Gasteiger partial charge in [-0.2, -0.15) is 13.2 Å². The van der Waals surface area contributed by atoms with E-state index in [2.05, 4.69) is 0 Å². The summed E-state index contributed by atoms with van der Waals surface area (Å²) < 4.78 is 68.8. The van der Waals surface area contributed by atoms with Gasteiger partial charge in [0, 0.05) is 5.56 Å². The number of hydrogen-bond acceptors (Lipinski definition) is 5. The van der Waals surface area contributed by atoms with Crippen LogP contribution in [0.4, 0.5) is 13.2 Å². The molecule has 0 saturated carbocycles. The molecule has 0 aliphatic rings. The van der Waals surface area contributed by atoms with Crippen molar-refractivity contribution in [3.05, 3.63) is 47.5 Å². The molecule has 2 rings (SSSR count). The first kappa shape index (κ1) is 25.5. The van der Waals surface area contributed by atoms with Crippen LogP contribution in [0, 0.1) is 6.92 Å². The first-order valence-electron chi connectivity index (χ1n) is 8.29. The van der Waals surface area contributed by atoms with Crippen molar-refractivity contribution in [3.8, 4) is 16.9 Å². The number of carbonyl (C=O) groups is 1. The van der Waals surface area contributed by atoms with Crippen molar-refractivity contribution in [2.75, 3.05) is 5.75 Å². The van der Waals surface area contributed by atoms with Gasteiger partial charge in [-0.25, -0.2) is 8.42 Å². The van der Waals surface area contributed by atoms with Crippen LogP contribution in [-0.2, 0) is 20.8 Å². The summed E-state index contributed by atoms with van der Waals surface area (Å²) in [7, 11) is -3.49. The molecule has 0 bridgehead atoms. The van der Waals surface area contributed by atoms with Crippen LogP contribution < -0.4 is 39.4 Å². The zero-order valence-corrected chi connectivity index (χ0v) is 19.1. The van der Waals surface area contributed by atoms with Gasteiger partial charge in [-0.1, -0.05) is 13.0 Å². The second-order valence-electron chi connectivity index (χ2n) is 6.17. The van der Waals surface area contributed by atoms with Crippen LogP contribution in [-0.4, -0.2) is 26.2 Å². The molecule has 0 unspecified atom stereocenters. The van der Waals surface area contributed by atoms with Crippen LogP contribution in [0.25, 0.3) is 11.1 Å². The van der Waals surface area contributed by atoms with E-state index in [-0.39, 0.29) is 51.5 Å². The summed E-state index contributed by atoms with van der Waals surface area (Å²) >= 11 is 0. The van der Waals surface area contributed by atoms with Crippen molar-refractivity contribution in [3.63, 3.8) is 0 Å². The summed E-state index contributed by atoms with van der Waals surface area (Å²) in [5.74, 6) is -1.72. The fourth-order valence-corrected chi connectivity index (χ4v) is 3.52. The summed E-state index contributed by atoms with van der Waals surface area (Å²) in [6, 6.07) is 6.70. The fourth-order valence-electron chi connectivity index (χ4n) is 2.56. The van der Waals surface area contributed by atoms with E-state index in [9.17, 15) is 31.5 Å². The minimum absolute atomic E-state index is 0. The quantitative estimate of drug-likeness (QED) is 0.593. The number of halogens is 3. The molecule has 152 valence electrons. The molecule has 10 heteroatoms. The number of rotatable bonds is 6. The molecule has 29 heavy (non-hydrogen) atoms. The number of hydrogen-bond donors (Lipinski definition) is 0. The standard InChI is InChI=1S/C19H19F3O5S.Na/c1-4-28(25,26)14-6-7-15(11(2)9-14)16-10-13(19(20,21)22)5-8-17(16)27-12(3)18(23)24;/h5-10,12H,4H2,1-3H3,(H,23,24);/q;+1/p-1/t12-;/m1./s1. The molecule has 0 N–H and O–H groups in total. The molecule has 0 spiro atoms. The zero-order valence-electron chi connectivity index (χ0n) is 16.3. The molecule has 0 aromatic heterocycles. The maximum atomic E-state index is 13.1. The van der Waals surface area contributed by atoms with Crippen molar-refractivity contribution < 1.29 is 65.8 Å². The van der Waals surface area contributed by atoms with E-state index in [1.54, 1.807) is 6.92 Å². The molecule has 2 aromatic carbocycles. The maximum absolute atomic E-state index is 13.1. The van der Waals surface area contributed by atoms with E-state index in [1.807, 2.05) is 0 Å². The number of carboxylic acid groups (broad SMARTS) is 1. The summed E-state index contributed by atoms with van der Waals surface area (Å²) in [6.07, 6.45) is -6.01. The van der Waals surface area contributed by atoms with Gasteiger partial charge in [0.15, 0.2) is 9.84 Å². The molecule has 2 aromatic rings. The smallest absolute Gasteiger partial charge is 0.546 e. The Morgan fingerprint density at radius 3 is 2.24 bits per heavy atom. The predicted octanol–water partition coefficient (Wildman–Crippen LogP) is -0.00438.